The molecule has 1 saturated heterocycles. The number of aryl methyl sites for hydroxylation is 2. The van der Waals surface area contributed by atoms with Gasteiger partial charge in [0.2, 0.25) is 10.0 Å². The van der Waals surface area contributed by atoms with Gasteiger partial charge in [0.05, 0.1) is 10.9 Å². The highest BCUT2D eigenvalue weighted by molar-refractivity contribution is 7.89. The average Bonchev–Trinajstić information content (AvgIpc) is 2.97. The molecule has 3 rings (SSSR count). The number of nitrogen functional groups attached to an aromatic ring is 1. The van der Waals surface area contributed by atoms with E-state index in [9.17, 15) is 8.42 Å². The van der Waals surface area contributed by atoms with Crippen LogP contribution in [-0.2, 0) is 10.0 Å². The van der Waals surface area contributed by atoms with Crippen LogP contribution in [0.3, 0.4) is 0 Å². The van der Waals surface area contributed by atoms with Crippen LogP contribution in [-0.4, -0.2) is 24.3 Å². The Bertz CT molecular complexity index is 816. The third-order valence-electron chi connectivity index (χ3n) is 4.36. The van der Waals surface area contributed by atoms with Crippen molar-refractivity contribution >= 4 is 15.8 Å². The summed E-state index contributed by atoms with van der Waals surface area (Å²) in [5.74, 6) is 0.456. The molecule has 1 aliphatic heterocycles. The molecule has 1 aliphatic rings. The number of sulfonamides is 1. The number of hydrogen-bond acceptors (Lipinski definition) is 4. The molecule has 0 amide bonds. The fourth-order valence-corrected chi connectivity index (χ4v) is 4.80. The van der Waals surface area contributed by atoms with E-state index in [1.54, 1.807) is 28.7 Å². The summed E-state index contributed by atoms with van der Waals surface area (Å²) in [5.41, 5.74) is 8.67. The Hall–Kier alpha value is -1.92. The molecule has 0 unspecified atom stereocenters. The van der Waals surface area contributed by atoms with Gasteiger partial charge < -0.3 is 5.73 Å². The van der Waals surface area contributed by atoms with Crippen LogP contribution in [0.2, 0.25) is 0 Å². The number of benzene rings is 1. The van der Waals surface area contributed by atoms with Gasteiger partial charge in [0.1, 0.15) is 5.82 Å². The van der Waals surface area contributed by atoms with Crippen LogP contribution >= 0.6 is 0 Å². The normalized spacial score (nSPS) is 19.1. The van der Waals surface area contributed by atoms with Crippen molar-refractivity contribution in [1.82, 2.24) is 9.29 Å². The fraction of sp³-hybridized carbons (Fsp3) is 0.353. The molecule has 122 valence electrons. The van der Waals surface area contributed by atoms with Crippen LogP contribution in [0.25, 0.3) is 0 Å². The Labute approximate surface area is 137 Å². The van der Waals surface area contributed by atoms with E-state index in [1.165, 1.54) is 0 Å². The molecule has 1 aromatic carbocycles. The third kappa shape index (κ3) is 2.96. The first-order valence-electron chi connectivity index (χ1n) is 7.70. The molecule has 1 atom stereocenters. The Balaban J connectivity index is 1.99. The molecule has 0 bridgehead atoms. The molecule has 2 aromatic rings. The van der Waals surface area contributed by atoms with Crippen molar-refractivity contribution in [2.45, 2.75) is 37.6 Å². The smallest absolute Gasteiger partial charge is 0.243 e. The Morgan fingerprint density at radius 1 is 1.22 bits per heavy atom. The summed E-state index contributed by atoms with van der Waals surface area (Å²) in [6.45, 7) is 4.42. The summed E-state index contributed by atoms with van der Waals surface area (Å²) in [6.07, 6.45) is 3.36. The highest BCUT2D eigenvalue weighted by atomic mass is 32.2. The predicted molar refractivity (Wildman–Crippen MR) is 90.4 cm³/mol. The maximum atomic E-state index is 13.0. The Morgan fingerprint density at radius 3 is 2.57 bits per heavy atom. The van der Waals surface area contributed by atoms with E-state index in [0.29, 0.717) is 17.3 Å². The van der Waals surface area contributed by atoms with Crippen molar-refractivity contribution < 1.29 is 8.42 Å². The SMILES string of the molecule is Cc1ccc(S(=O)(=O)N2CCC[C@@H]2c2cnc(N)cc2C)cc1. The quantitative estimate of drug-likeness (QED) is 0.938. The summed E-state index contributed by atoms with van der Waals surface area (Å²) in [6, 6.07) is 8.63. The average molecular weight is 331 g/mol. The first kappa shape index (κ1) is 16.0. The molecule has 6 heteroatoms. The zero-order valence-electron chi connectivity index (χ0n) is 13.4. The van der Waals surface area contributed by atoms with Crippen LogP contribution in [0.4, 0.5) is 5.82 Å². The van der Waals surface area contributed by atoms with E-state index >= 15 is 0 Å². The second kappa shape index (κ2) is 5.94. The molecule has 5 nitrogen and oxygen atoms in total. The van der Waals surface area contributed by atoms with Crippen LogP contribution in [0.1, 0.15) is 35.6 Å². The molecule has 2 N–H and O–H groups in total. The molecule has 1 aromatic heterocycles. The minimum Gasteiger partial charge on any atom is -0.384 e. The van der Waals surface area contributed by atoms with Crippen LogP contribution in [0.15, 0.2) is 41.4 Å². The van der Waals surface area contributed by atoms with Gasteiger partial charge in [-0.25, -0.2) is 13.4 Å². The highest BCUT2D eigenvalue weighted by Gasteiger charge is 2.36. The molecule has 2 heterocycles. The van der Waals surface area contributed by atoms with Crippen molar-refractivity contribution in [2.24, 2.45) is 0 Å². The van der Waals surface area contributed by atoms with E-state index < -0.39 is 10.0 Å². The van der Waals surface area contributed by atoms with Gasteiger partial charge in [0.15, 0.2) is 0 Å². The first-order chi connectivity index (χ1) is 10.9. The van der Waals surface area contributed by atoms with Crippen LogP contribution < -0.4 is 5.73 Å². The van der Waals surface area contributed by atoms with Crippen molar-refractivity contribution in [3.8, 4) is 0 Å². The van der Waals surface area contributed by atoms with Crippen LogP contribution in [0.5, 0.6) is 0 Å². The van der Waals surface area contributed by atoms with E-state index in [2.05, 4.69) is 4.98 Å². The van der Waals surface area contributed by atoms with Gasteiger partial charge in [-0.15, -0.1) is 0 Å². The number of nitrogens with zero attached hydrogens (tertiary/aromatic N) is 2. The summed E-state index contributed by atoms with van der Waals surface area (Å²) < 4.78 is 27.6. The lowest BCUT2D eigenvalue weighted by atomic mass is 10.0. The minimum absolute atomic E-state index is 0.172. The number of pyridine rings is 1. The number of aromatic nitrogens is 1. The lowest BCUT2D eigenvalue weighted by Gasteiger charge is -2.25. The fourth-order valence-electron chi connectivity index (χ4n) is 3.12. The maximum absolute atomic E-state index is 13.0. The van der Waals surface area contributed by atoms with Gasteiger partial charge in [-0.05, 0) is 56.0 Å². The second-order valence-electron chi connectivity index (χ2n) is 6.05. The van der Waals surface area contributed by atoms with Crippen molar-refractivity contribution in [3.05, 3.63) is 53.2 Å². The molecule has 0 radical (unpaired) electrons. The van der Waals surface area contributed by atoms with Gasteiger partial charge in [-0.1, -0.05) is 17.7 Å². The molecule has 1 fully saturated rings. The monoisotopic (exact) mass is 331 g/mol. The molecule has 0 aliphatic carbocycles. The van der Waals surface area contributed by atoms with Gasteiger partial charge in [0, 0.05) is 12.7 Å². The van der Waals surface area contributed by atoms with Gasteiger partial charge in [-0.3, -0.25) is 0 Å². The number of nitrogens with two attached hydrogens (primary N) is 1. The highest BCUT2D eigenvalue weighted by Crippen LogP contribution is 2.37. The van der Waals surface area contributed by atoms with E-state index in [1.807, 2.05) is 26.0 Å². The topological polar surface area (TPSA) is 76.3 Å². The standard InChI is InChI=1S/C17H21N3O2S/c1-12-5-7-14(8-6-12)23(21,22)20-9-3-4-16(20)15-11-19-17(18)10-13(15)2/h5-8,10-11,16H,3-4,9H2,1-2H3,(H2,18,19)/t16-/m1/s1. The molecule has 0 spiro atoms. The molecular weight excluding hydrogens is 310 g/mol. The third-order valence-corrected chi connectivity index (χ3v) is 6.29. The lowest BCUT2D eigenvalue weighted by Crippen LogP contribution is -2.31. The zero-order valence-corrected chi connectivity index (χ0v) is 14.2. The summed E-state index contributed by atoms with van der Waals surface area (Å²) in [7, 11) is -3.51. The second-order valence-corrected chi connectivity index (χ2v) is 7.94. The van der Waals surface area contributed by atoms with Gasteiger partial charge >= 0.3 is 0 Å². The lowest BCUT2D eigenvalue weighted by molar-refractivity contribution is 0.395. The molecule has 23 heavy (non-hydrogen) atoms. The van der Waals surface area contributed by atoms with E-state index in [0.717, 1.165) is 29.5 Å². The largest absolute Gasteiger partial charge is 0.384 e. The minimum atomic E-state index is -3.51. The number of rotatable bonds is 3. The van der Waals surface area contributed by atoms with E-state index in [4.69, 9.17) is 5.73 Å². The number of hydrogen-bond donors (Lipinski definition) is 1. The zero-order chi connectivity index (χ0) is 16.6. The maximum Gasteiger partial charge on any atom is 0.243 e. The molecular formula is C17H21N3O2S. The first-order valence-corrected chi connectivity index (χ1v) is 9.14. The van der Waals surface area contributed by atoms with Crippen LogP contribution in [0, 0.1) is 13.8 Å². The van der Waals surface area contributed by atoms with Gasteiger partial charge in [-0.2, -0.15) is 4.31 Å². The van der Waals surface area contributed by atoms with E-state index in [-0.39, 0.29) is 6.04 Å². The summed E-state index contributed by atoms with van der Waals surface area (Å²) in [5, 5.41) is 0. The summed E-state index contributed by atoms with van der Waals surface area (Å²) in [4.78, 5) is 4.49. The Kier molecular flexibility index (Phi) is 4.12. The van der Waals surface area contributed by atoms with Crippen molar-refractivity contribution in [1.29, 1.82) is 0 Å². The van der Waals surface area contributed by atoms with Crippen molar-refractivity contribution in [2.75, 3.05) is 12.3 Å². The number of anilines is 1. The molecule has 0 saturated carbocycles. The van der Waals surface area contributed by atoms with Crippen molar-refractivity contribution in [3.63, 3.8) is 0 Å². The summed E-state index contributed by atoms with van der Waals surface area (Å²) >= 11 is 0. The predicted octanol–water partition coefficient (Wildman–Crippen LogP) is 2.81. The van der Waals surface area contributed by atoms with Gasteiger partial charge in [0.25, 0.3) is 0 Å². The Morgan fingerprint density at radius 2 is 1.91 bits per heavy atom.